The van der Waals surface area contributed by atoms with E-state index in [0.29, 0.717) is 5.56 Å². The summed E-state index contributed by atoms with van der Waals surface area (Å²) in [5.41, 5.74) is 5.67. The average Bonchev–Trinajstić information content (AvgIpc) is 2.65. The fraction of sp³-hybridized carbons (Fsp3) is 0.182. The minimum Gasteiger partial charge on any atom is -0.321 e. The number of pyridine rings is 1. The summed E-state index contributed by atoms with van der Waals surface area (Å²) in [7, 11) is 0. The maximum absolute atomic E-state index is 12.5. The van der Waals surface area contributed by atoms with Crippen LogP contribution in [0.3, 0.4) is 0 Å². The van der Waals surface area contributed by atoms with Crippen LogP contribution in [0.4, 0.5) is 5.69 Å². The third kappa shape index (κ3) is 4.38. The van der Waals surface area contributed by atoms with E-state index in [1.807, 2.05) is 61.7 Å². The molecule has 0 aliphatic carbocycles. The Morgan fingerprint density at radius 1 is 1.08 bits per heavy atom. The lowest BCUT2D eigenvalue weighted by Crippen LogP contribution is -2.12. The molecule has 0 atom stereocenters. The topological polar surface area (TPSA) is 42.0 Å². The Morgan fingerprint density at radius 2 is 1.85 bits per heavy atom. The van der Waals surface area contributed by atoms with E-state index in [2.05, 4.69) is 39.2 Å². The van der Waals surface area contributed by atoms with E-state index in [1.165, 1.54) is 5.56 Å². The molecule has 0 saturated carbocycles. The van der Waals surface area contributed by atoms with Crippen LogP contribution in [-0.4, -0.2) is 10.9 Å². The number of amides is 1. The molecule has 1 heterocycles. The van der Waals surface area contributed by atoms with Crippen LogP contribution in [0.2, 0.25) is 0 Å². The highest BCUT2D eigenvalue weighted by molar-refractivity contribution is 9.10. The van der Waals surface area contributed by atoms with Crippen molar-refractivity contribution in [2.24, 2.45) is 0 Å². The summed E-state index contributed by atoms with van der Waals surface area (Å²) in [6.45, 7) is 4.17. The van der Waals surface area contributed by atoms with Gasteiger partial charge in [-0.25, -0.2) is 0 Å². The fourth-order valence-electron chi connectivity index (χ4n) is 2.74. The van der Waals surface area contributed by atoms with Crippen LogP contribution in [0.15, 0.2) is 65.3 Å². The van der Waals surface area contributed by atoms with Crippen LogP contribution in [0.1, 0.15) is 34.8 Å². The second kappa shape index (κ2) is 8.28. The third-order valence-electron chi connectivity index (χ3n) is 4.18. The molecular weight excluding hydrogens is 388 g/mol. The molecule has 3 nitrogen and oxygen atoms in total. The van der Waals surface area contributed by atoms with Gasteiger partial charge in [-0.15, -0.1) is 0 Å². The van der Waals surface area contributed by atoms with Gasteiger partial charge < -0.3 is 5.32 Å². The Morgan fingerprint density at radius 3 is 2.46 bits per heavy atom. The number of carbonyl (C=O) groups is 1. The summed E-state index contributed by atoms with van der Waals surface area (Å²) in [4.78, 5) is 17.0. The zero-order valence-corrected chi connectivity index (χ0v) is 16.5. The summed E-state index contributed by atoms with van der Waals surface area (Å²) < 4.78 is 0.874. The van der Waals surface area contributed by atoms with Crippen LogP contribution in [0, 0.1) is 6.92 Å². The molecule has 4 heteroatoms. The minimum absolute atomic E-state index is 0.132. The lowest BCUT2D eigenvalue weighted by atomic mass is 10.1. The monoisotopic (exact) mass is 408 g/mol. The first-order valence-corrected chi connectivity index (χ1v) is 9.49. The van der Waals surface area contributed by atoms with Crippen molar-refractivity contribution in [2.45, 2.75) is 26.7 Å². The molecule has 0 aliphatic rings. The Balaban J connectivity index is 1.73. The summed E-state index contributed by atoms with van der Waals surface area (Å²) in [6.07, 6.45) is 4.08. The molecule has 1 N–H and O–H groups in total. The van der Waals surface area contributed by atoms with Crippen molar-refractivity contribution in [3.63, 3.8) is 0 Å². The minimum atomic E-state index is -0.132. The van der Waals surface area contributed by atoms with Crippen molar-refractivity contribution in [1.82, 2.24) is 4.98 Å². The molecule has 3 aromatic rings. The highest BCUT2D eigenvalue weighted by atomic mass is 79.9. The van der Waals surface area contributed by atoms with Crippen molar-refractivity contribution < 1.29 is 4.79 Å². The zero-order chi connectivity index (χ0) is 18.5. The van der Waals surface area contributed by atoms with Gasteiger partial charge in [0.25, 0.3) is 5.91 Å². The molecule has 0 unspecified atom stereocenters. The number of aryl methyl sites for hydroxylation is 2. The van der Waals surface area contributed by atoms with E-state index in [4.69, 9.17) is 0 Å². The number of halogens is 1. The van der Waals surface area contributed by atoms with Gasteiger partial charge in [0, 0.05) is 21.8 Å². The number of nitrogens with one attached hydrogen (secondary N) is 1. The van der Waals surface area contributed by atoms with E-state index in [0.717, 1.165) is 39.8 Å². The average molecular weight is 409 g/mol. The molecule has 0 radical (unpaired) electrons. The van der Waals surface area contributed by atoms with Gasteiger partial charge in [0.15, 0.2) is 0 Å². The van der Waals surface area contributed by atoms with Gasteiger partial charge in [-0.3, -0.25) is 9.78 Å². The maximum atomic E-state index is 12.5. The smallest absolute Gasteiger partial charge is 0.255 e. The van der Waals surface area contributed by atoms with Crippen LogP contribution in [-0.2, 0) is 6.42 Å². The molecule has 26 heavy (non-hydrogen) atoms. The summed E-state index contributed by atoms with van der Waals surface area (Å²) in [5, 5.41) is 2.93. The number of hydrogen-bond acceptors (Lipinski definition) is 2. The molecule has 0 bridgehead atoms. The highest BCUT2D eigenvalue weighted by Crippen LogP contribution is 2.24. The molecule has 2 aromatic carbocycles. The highest BCUT2D eigenvalue weighted by Gasteiger charge is 2.09. The Kier molecular flexibility index (Phi) is 5.84. The molecule has 0 saturated heterocycles. The second-order valence-electron chi connectivity index (χ2n) is 6.32. The number of rotatable bonds is 5. The Labute approximate surface area is 162 Å². The van der Waals surface area contributed by atoms with Gasteiger partial charge >= 0.3 is 0 Å². The lowest BCUT2D eigenvalue weighted by Gasteiger charge is -2.09. The van der Waals surface area contributed by atoms with Crippen molar-refractivity contribution in [3.8, 4) is 11.3 Å². The molecule has 0 aliphatic heterocycles. The number of hydrogen-bond donors (Lipinski definition) is 1. The zero-order valence-electron chi connectivity index (χ0n) is 14.9. The second-order valence-corrected chi connectivity index (χ2v) is 7.17. The van der Waals surface area contributed by atoms with Gasteiger partial charge in [-0.2, -0.15) is 0 Å². The predicted octanol–water partition coefficient (Wildman–Crippen LogP) is 6.02. The molecule has 1 aromatic heterocycles. The number of nitrogens with zero attached hydrogens (tertiary/aromatic N) is 1. The Bertz CT molecular complexity index is 902. The fourth-order valence-corrected chi connectivity index (χ4v) is 3.33. The van der Waals surface area contributed by atoms with Crippen LogP contribution in [0.25, 0.3) is 11.3 Å². The first-order valence-electron chi connectivity index (χ1n) is 8.69. The predicted molar refractivity (Wildman–Crippen MR) is 111 cm³/mol. The van der Waals surface area contributed by atoms with E-state index in [9.17, 15) is 4.79 Å². The Hall–Kier alpha value is -2.46. The van der Waals surface area contributed by atoms with Gasteiger partial charge in [0.05, 0.1) is 11.4 Å². The number of carbonyl (C=O) groups excluding carboxylic acids is 1. The number of aromatic nitrogens is 1. The van der Waals surface area contributed by atoms with E-state index in [1.54, 1.807) is 0 Å². The third-order valence-corrected chi connectivity index (χ3v) is 4.84. The van der Waals surface area contributed by atoms with Gasteiger partial charge in [0.1, 0.15) is 0 Å². The molecule has 1 amide bonds. The summed E-state index contributed by atoms with van der Waals surface area (Å²) in [5.74, 6) is -0.132. The van der Waals surface area contributed by atoms with Crippen LogP contribution >= 0.6 is 15.9 Å². The summed E-state index contributed by atoms with van der Waals surface area (Å²) >= 11 is 3.48. The number of benzene rings is 2. The largest absolute Gasteiger partial charge is 0.321 e. The van der Waals surface area contributed by atoms with Gasteiger partial charge in [-0.05, 0) is 70.7 Å². The van der Waals surface area contributed by atoms with E-state index >= 15 is 0 Å². The molecule has 132 valence electrons. The SMILES string of the molecule is CCCc1ccc(-c2ccc(C(=O)Nc3ccc(C)cc3Br)cc2)nc1. The van der Waals surface area contributed by atoms with Crippen molar-refractivity contribution in [3.05, 3.63) is 82.0 Å². The van der Waals surface area contributed by atoms with Crippen molar-refractivity contribution >= 4 is 27.5 Å². The lowest BCUT2D eigenvalue weighted by molar-refractivity contribution is 0.102. The van der Waals surface area contributed by atoms with Crippen molar-refractivity contribution in [1.29, 1.82) is 0 Å². The van der Waals surface area contributed by atoms with Crippen LogP contribution < -0.4 is 5.32 Å². The van der Waals surface area contributed by atoms with Gasteiger partial charge in [-0.1, -0.05) is 37.6 Å². The van der Waals surface area contributed by atoms with Crippen molar-refractivity contribution in [2.75, 3.05) is 5.32 Å². The normalized spacial score (nSPS) is 10.6. The molecule has 3 rings (SSSR count). The molecule has 0 spiro atoms. The quantitative estimate of drug-likeness (QED) is 0.560. The maximum Gasteiger partial charge on any atom is 0.255 e. The first-order chi connectivity index (χ1) is 12.6. The molecule has 0 fully saturated rings. The van der Waals surface area contributed by atoms with E-state index in [-0.39, 0.29) is 5.91 Å². The van der Waals surface area contributed by atoms with Gasteiger partial charge in [0.2, 0.25) is 0 Å². The first kappa shape index (κ1) is 18.3. The summed E-state index contributed by atoms with van der Waals surface area (Å²) in [6, 6.07) is 17.5. The molecular formula is C22H21BrN2O. The van der Waals surface area contributed by atoms with Crippen LogP contribution in [0.5, 0.6) is 0 Å². The number of anilines is 1. The van der Waals surface area contributed by atoms with E-state index < -0.39 is 0 Å². The standard InChI is InChI=1S/C22H21BrN2O/c1-3-4-16-6-12-20(24-14-16)17-7-9-18(10-8-17)22(26)25-21-11-5-15(2)13-19(21)23/h5-14H,3-4H2,1-2H3,(H,25,26).